The number of hydrogen-bond acceptors (Lipinski definition) is 4. The van der Waals surface area contributed by atoms with Gasteiger partial charge in [0.05, 0.1) is 4.90 Å². The predicted octanol–water partition coefficient (Wildman–Crippen LogP) is 3.05. The van der Waals surface area contributed by atoms with Crippen molar-refractivity contribution in [2.45, 2.75) is 30.7 Å². The van der Waals surface area contributed by atoms with E-state index in [-0.39, 0.29) is 16.8 Å². The highest BCUT2D eigenvalue weighted by atomic mass is 35.5. The van der Waals surface area contributed by atoms with Crippen LogP contribution in [0, 0.1) is 6.92 Å². The summed E-state index contributed by atoms with van der Waals surface area (Å²) in [6, 6.07) is 12.5. The molecule has 1 saturated heterocycles. The minimum Gasteiger partial charge on any atom is -0.368 e. The first-order valence-corrected chi connectivity index (χ1v) is 11.6. The van der Waals surface area contributed by atoms with Crippen LogP contribution in [0.25, 0.3) is 0 Å². The molecule has 0 spiro atoms. The van der Waals surface area contributed by atoms with Crippen LogP contribution in [0.1, 0.15) is 28.8 Å². The van der Waals surface area contributed by atoms with Gasteiger partial charge in [0.25, 0.3) is 5.91 Å². The maximum absolute atomic E-state index is 13.1. The van der Waals surface area contributed by atoms with Crippen LogP contribution in [-0.4, -0.2) is 51.4 Å². The number of carbonyl (C=O) groups is 1. The van der Waals surface area contributed by atoms with Gasteiger partial charge in [-0.2, -0.15) is 0 Å². The first kappa shape index (κ1) is 20.2. The van der Waals surface area contributed by atoms with Crippen molar-refractivity contribution in [2.24, 2.45) is 0 Å². The Hall–Kier alpha value is -2.09. The van der Waals surface area contributed by atoms with Gasteiger partial charge in [0.2, 0.25) is 10.0 Å². The second-order valence-corrected chi connectivity index (χ2v) is 9.78. The molecular weight excluding hydrogens is 410 g/mol. The third-order valence-electron chi connectivity index (χ3n) is 5.39. The van der Waals surface area contributed by atoms with Gasteiger partial charge < -0.3 is 9.80 Å². The summed E-state index contributed by atoms with van der Waals surface area (Å²) in [6.45, 7) is 4.38. The smallest absolute Gasteiger partial charge is 0.254 e. The molecule has 6 nitrogen and oxygen atoms in total. The van der Waals surface area contributed by atoms with Crippen LogP contribution in [0.4, 0.5) is 5.69 Å². The molecule has 4 rings (SSSR count). The molecule has 1 aliphatic heterocycles. The fourth-order valence-corrected chi connectivity index (χ4v) is 5.01. The van der Waals surface area contributed by atoms with Crippen LogP contribution >= 0.6 is 11.6 Å². The molecule has 2 fully saturated rings. The van der Waals surface area contributed by atoms with Crippen LogP contribution in [0.2, 0.25) is 5.02 Å². The molecule has 2 aliphatic rings. The summed E-state index contributed by atoms with van der Waals surface area (Å²) in [5.41, 5.74) is 2.26. The predicted molar refractivity (Wildman–Crippen MR) is 114 cm³/mol. The van der Waals surface area contributed by atoms with Crippen LogP contribution in [0.5, 0.6) is 0 Å². The highest BCUT2D eigenvalue weighted by Gasteiger charge is 2.29. The van der Waals surface area contributed by atoms with E-state index >= 15 is 0 Å². The van der Waals surface area contributed by atoms with Crippen molar-refractivity contribution < 1.29 is 13.2 Å². The standard InChI is InChI=1S/C21H24ClN3O3S/c1-15-5-8-19(29(27,28)23-17-6-7-17)14-20(15)21(26)25-11-9-24(10-12-25)18-4-2-3-16(22)13-18/h2-5,8,13-14,17,23H,6-7,9-12H2,1H3. The molecule has 1 amide bonds. The van der Waals surface area contributed by atoms with E-state index in [1.54, 1.807) is 17.0 Å². The number of piperazine rings is 1. The summed E-state index contributed by atoms with van der Waals surface area (Å²) in [5, 5.41) is 0.689. The Labute approximate surface area is 176 Å². The summed E-state index contributed by atoms with van der Waals surface area (Å²) < 4.78 is 27.7. The van der Waals surface area contributed by atoms with Crippen molar-refractivity contribution in [3.05, 3.63) is 58.6 Å². The number of benzene rings is 2. The lowest BCUT2D eigenvalue weighted by molar-refractivity contribution is 0.0746. The van der Waals surface area contributed by atoms with Crippen LogP contribution in [0.15, 0.2) is 47.4 Å². The molecule has 2 aromatic rings. The summed E-state index contributed by atoms with van der Waals surface area (Å²) in [7, 11) is -3.59. The molecule has 1 aliphatic carbocycles. The fraction of sp³-hybridized carbons (Fsp3) is 0.381. The molecule has 29 heavy (non-hydrogen) atoms. The summed E-state index contributed by atoms with van der Waals surface area (Å²) in [5.74, 6) is -0.128. The van der Waals surface area contributed by atoms with E-state index in [1.165, 1.54) is 6.07 Å². The number of rotatable bonds is 5. The second-order valence-electron chi connectivity index (χ2n) is 7.63. The molecule has 2 aromatic carbocycles. The molecule has 1 heterocycles. The SMILES string of the molecule is Cc1ccc(S(=O)(=O)NC2CC2)cc1C(=O)N1CCN(c2cccc(Cl)c2)CC1. The minimum atomic E-state index is -3.59. The highest BCUT2D eigenvalue weighted by molar-refractivity contribution is 7.89. The van der Waals surface area contributed by atoms with Crippen molar-refractivity contribution in [3.63, 3.8) is 0 Å². The van der Waals surface area contributed by atoms with E-state index < -0.39 is 10.0 Å². The molecule has 0 aromatic heterocycles. The van der Waals surface area contributed by atoms with E-state index in [2.05, 4.69) is 9.62 Å². The molecule has 1 N–H and O–H groups in total. The van der Waals surface area contributed by atoms with Gasteiger partial charge in [-0.15, -0.1) is 0 Å². The van der Waals surface area contributed by atoms with Gasteiger partial charge in [-0.25, -0.2) is 13.1 Å². The maximum atomic E-state index is 13.1. The maximum Gasteiger partial charge on any atom is 0.254 e. The summed E-state index contributed by atoms with van der Waals surface area (Å²) in [6.07, 6.45) is 1.74. The number of hydrogen-bond donors (Lipinski definition) is 1. The zero-order valence-corrected chi connectivity index (χ0v) is 17.8. The number of sulfonamides is 1. The molecule has 0 bridgehead atoms. The Morgan fingerprint density at radius 2 is 1.79 bits per heavy atom. The van der Waals surface area contributed by atoms with Crippen molar-refractivity contribution in [3.8, 4) is 0 Å². The van der Waals surface area contributed by atoms with Gasteiger partial charge in [0.15, 0.2) is 0 Å². The van der Waals surface area contributed by atoms with E-state index in [9.17, 15) is 13.2 Å². The van der Waals surface area contributed by atoms with Crippen molar-refractivity contribution in [1.82, 2.24) is 9.62 Å². The third-order valence-corrected chi connectivity index (χ3v) is 7.14. The Kier molecular flexibility index (Phi) is 5.55. The number of aryl methyl sites for hydroxylation is 1. The average Bonchev–Trinajstić information content (AvgIpc) is 3.51. The number of halogens is 1. The number of amides is 1. The zero-order chi connectivity index (χ0) is 20.6. The van der Waals surface area contributed by atoms with Crippen LogP contribution in [0.3, 0.4) is 0 Å². The molecule has 154 valence electrons. The van der Waals surface area contributed by atoms with Gasteiger partial charge in [0.1, 0.15) is 0 Å². The summed E-state index contributed by atoms with van der Waals surface area (Å²) in [4.78, 5) is 17.2. The minimum absolute atomic E-state index is 0.0278. The van der Waals surface area contributed by atoms with Gasteiger partial charge in [-0.05, 0) is 55.7 Å². The highest BCUT2D eigenvalue weighted by Crippen LogP contribution is 2.25. The van der Waals surface area contributed by atoms with Gasteiger partial charge in [-0.3, -0.25) is 4.79 Å². The fourth-order valence-electron chi connectivity index (χ4n) is 3.50. The van der Waals surface area contributed by atoms with E-state index in [0.29, 0.717) is 36.8 Å². The number of nitrogens with zero attached hydrogens (tertiary/aromatic N) is 2. The molecule has 0 unspecified atom stereocenters. The van der Waals surface area contributed by atoms with Gasteiger partial charge >= 0.3 is 0 Å². The molecule has 0 atom stereocenters. The quantitative estimate of drug-likeness (QED) is 0.786. The topological polar surface area (TPSA) is 69.7 Å². The first-order chi connectivity index (χ1) is 13.8. The lowest BCUT2D eigenvalue weighted by Gasteiger charge is -2.36. The Morgan fingerprint density at radius 1 is 1.07 bits per heavy atom. The molecule has 1 saturated carbocycles. The number of anilines is 1. The second kappa shape index (κ2) is 7.97. The normalized spacial score (nSPS) is 17.4. The first-order valence-electron chi connectivity index (χ1n) is 9.76. The van der Waals surface area contributed by atoms with E-state index in [0.717, 1.165) is 24.1 Å². The lowest BCUT2D eigenvalue weighted by atomic mass is 10.1. The largest absolute Gasteiger partial charge is 0.368 e. The third kappa shape index (κ3) is 4.57. The number of carbonyl (C=O) groups excluding carboxylic acids is 1. The molecule has 0 radical (unpaired) electrons. The Morgan fingerprint density at radius 3 is 2.45 bits per heavy atom. The Balaban J connectivity index is 1.48. The van der Waals surface area contributed by atoms with Gasteiger partial charge in [-0.1, -0.05) is 23.7 Å². The van der Waals surface area contributed by atoms with E-state index in [4.69, 9.17) is 11.6 Å². The lowest BCUT2D eigenvalue weighted by Crippen LogP contribution is -2.49. The zero-order valence-electron chi connectivity index (χ0n) is 16.3. The van der Waals surface area contributed by atoms with E-state index in [1.807, 2.05) is 31.2 Å². The Bertz CT molecular complexity index is 1030. The number of nitrogens with one attached hydrogen (secondary N) is 1. The summed E-state index contributed by atoms with van der Waals surface area (Å²) >= 11 is 6.08. The molecule has 8 heteroatoms. The van der Waals surface area contributed by atoms with Crippen molar-refractivity contribution >= 4 is 33.2 Å². The average molecular weight is 434 g/mol. The van der Waals surface area contributed by atoms with Gasteiger partial charge in [0, 0.05) is 48.5 Å². The van der Waals surface area contributed by atoms with Crippen molar-refractivity contribution in [1.29, 1.82) is 0 Å². The van der Waals surface area contributed by atoms with Crippen LogP contribution in [-0.2, 0) is 10.0 Å². The van der Waals surface area contributed by atoms with Crippen molar-refractivity contribution in [2.75, 3.05) is 31.1 Å². The van der Waals surface area contributed by atoms with Crippen LogP contribution < -0.4 is 9.62 Å². The molecular formula is C21H24ClN3O3S. The monoisotopic (exact) mass is 433 g/mol.